The van der Waals surface area contributed by atoms with E-state index in [1.165, 1.54) is 25.3 Å². The highest BCUT2D eigenvalue weighted by Gasteiger charge is 1.99. The second-order valence-corrected chi connectivity index (χ2v) is 3.35. The molecule has 0 heterocycles. The Bertz CT molecular complexity index is 401. The Morgan fingerprint density at radius 3 is 1.70 bits per heavy atom. The van der Waals surface area contributed by atoms with Crippen LogP contribution in [-0.4, -0.2) is 39.5 Å². The van der Waals surface area contributed by atoms with Crippen LogP contribution in [0.3, 0.4) is 0 Å². The summed E-state index contributed by atoms with van der Waals surface area (Å²) in [6.07, 6.45) is 0.444. The number of hydrogen-bond acceptors (Lipinski definition) is 5. The van der Waals surface area contributed by atoms with Crippen molar-refractivity contribution < 1.29 is 34.8 Å². The van der Waals surface area contributed by atoms with E-state index in [1.54, 1.807) is 13.8 Å². The average molecular weight is 288 g/mol. The molecular weight excluding hydrogens is 268 g/mol. The Balaban J connectivity index is 0. The zero-order valence-electron chi connectivity index (χ0n) is 11.7. The van der Waals surface area contributed by atoms with Gasteiger partial charge in [-0.2, -0.15) is 0 Å². The Kier molecular flexibility index (Phi) is 11.6. The Labute approximate surface area is 117 Å². The highest BCUT2D eigenvalue weighted by Crippen LogP contribution is 2.28. The predicted octanol–water partition coefficient (Wildman–Crippen LogP) is 2.07. The molecule has 1 aromatic rings. The monoisotopic (exact) mass is 288 g/mol. The SMILES string of the molecule is CCC(=O)O.CCC(=O)O.COc1cc(O)ccc1O. The van der Waals surface area contributed by atoms with E-state index in [4.69, 9.17) is 25.2 Å². The molecule has 114 valence electrons. The zero-order valence-corrected chi connectivity index (χ0v) is 11.7. The molecule has 0 saturated heterocycles. The average Bonchev–Trinajstić information content (AvgIpc) is 2.42. The molecule has 1 aromatic carbocycles. The molecule has 0 aliphatic rings. The quantitative estimate of drug-likeness (QED) is 0.627. The summed E-state index contributed by atoms with van der Waals surface area (Å²) in [5.74, 6) is -1.11. The number of phenolic OH excluding ortho intramolecular Hbond substituents is 2. The molecular formula is C13H20O7. The standard InChI is InChI=1S/C7H8O3.2C3H6O2/c1-10-7-4-5(8)2-3-6(7)9;2*1-2-3(4)5/h2-4,8-9H,1H3;2*2H2,1H3,(H,4,5). The van der Waals surface area contributed by atoms with Crippen LogP contribution in [0.1, 0.15) is 26.7 Å². The molecule has 0 amide bonds. The molecule has 0 unspecified atom stereocenters. The lowest BCUT2D eigenvalue weighted by Crippen LogP contribution is -1.86. The van der Waals surface area contributed by atoms with Crippen LogP contribution in [0.25, 0.3) is 0 Å². The molecule has 0 bridgehead atoms. The third-order valence-electron chi connectivity index (χ3n) is 1.77. The van der Waals surface area contributed by atoms with Crippen molar-refractivity contribution in [3.8, 4) is 17.2 Å². The minimum Gasteiger partial charge on any atom is -0.508 e. The summed E-state index contributed by atoms with van der Waals surface area (Å²) in [4.78, 5) is 18.7. The maximum Gasteiger partial charge on any atom is 0.303 e. The van der Waals surface area contributed by atoms with Crippen molar-refractivity contribution in [2.75, 3.05) is 7.11 Å². The number of phenols is 2. The highest BCUT2D eigenvalue weighted by molar-refractivity contribution is 5.66. The van der Waals surface area contributed by atoms with Crippen molar-refractivity contribution in [1.82, 2.24) is 0 Å². The number of carboxylic acid groups (broad SMARTS) is 2. The Hall–Kier alpha value is -2.44. The van der Waals surface area contributed by atoms with Crippen LogP contribution >= 0.6 is 0 Å². The second kappa shape index (κ2) is 11.6. The van der Waals surface area contributed by atoms with Gasteiger partial charge in [-0.25, -0.2) is 0 Å². The van der Waals surface area contributed by atoms with Crippen LogP contribution in [0.2, 0.25) is 0 Å². The number of methoxy groups -OCH3 is 1. The molecule has 7 heteroatoms. The van der Waals surface area contributed by atoms with Gasteiger partial charge in [0.05, 0.1) is 7.11 Å². The summed E-state index contributed by atoms with van der Waals surface area (Å²) >= 11 is 0. The minimum absolute atomic E-state index is 0.0281. The Morgan fingerprint density at radius 2 is 1.45 bits per heavy atom. The molecule has 0 atom stereocenters. The molecule has 0 spiro atoms. The van der Waals surface area contributed by atoms with Gasteiger partial charge < -0.3 is 25.2 Å². The van der Waals surface area contributed by atoms with Gasteiger partial charge in [0.1, 0.15) is 5.75 Å². The van der Waals surface area contributed by atoms with E-state index < -0.39 is 11.9 Å². The number of carbonyl (C=O) groups is 2. The van der Waals surface area contributed by atoms with Gasteiger partial charge in [0.15, 0.2) is 11.5 Å². The molecule has 1 rings (SSSR count). The molecule has 20 heavy (non-hydrogen) atoms. The number of benzene rings is 1. The first-order chi connectivity index (χ1) is 9.28. The number of hydrogen-bond donors (Lipinski definition) is 4. The first kappa shape index (κ1) is 19.9. The van der Waals surface area contributed by atoms with E-state index in [-0.39, 0.29) is 30.1 Å². The van der Waals surface area contributed by atoms with Crippen molar-refractivity contribution in [2.24, 2.45) is 0 Å². The van der Waals surface area contributed by atoms with E-state index in [1.807, 2.05) is 0 Å². The van der Waals surface area contributed by atoms with Crippen molar-refractivity contribution in [1.29, 1.82) is 0 Å². The number of aromatic hydroxyl groups is 2. The van der Waals surface area contributed by atoms with E-state index >= 15 is 0 Å². The van der Waals surface area contributed by atoms with E-state index in [0.29, 0.717) is 0 Å². The summed E-state index contributed by atoms with van der Waals surface area (Å²) in [6, 6.07) is 4.10. The van der Waals surface area contributed by atoms with Crippen LogP contribution < -0.4 is 4.74 Å². The first-order valence-corrected chi connectivity index (χ1v) is 5.77. The van der Waals surface area contributed by atoms with Crippen LogP contribution in [0.4, 0.5) is 0 Å². The van der Waals surface area contributed by atoms with Crippen LogP contribution in [0.15, 0.2) is 18.2 Å². The van der Waals surface area contributed by atoms with E-state index in [0.717, 1.165) is 0 Å². The number of rotatable bonds is 3. The van der Waals surface area contributed by atoms with Gasteiger partial charge in [0, 0.05) is 18.9 Å². The molecule has 0 aliphatic heterocycles. The summed E-state index contributed by atoms with van der Waals surface area (Å²) in [7, 11) is 1.43. The molecule has 0 saturated carbocycles. The number of aliphatic carboxylic acids is 2. The van der Waals surface area contributed by atoms with Crippen molar-refractivity contribution in [3.05, 3.63) is 18.2 Å². The molecule has 0 fully saturated rings. The van der Waals surface area contributed by atoms with Gasteiger partial charge >= 0.3 is 11.9 Å². The van der Waals surface area contributed by atoms with E-state index in [9.17, 15) is 9.59 Å². The lowest BCUT2D eigenvalue weighted by Gasteiger charge is -2.01. The highest BCUT2D eigenvalue weighted by atomic mass is 16.5. The van der Waals surface area contributed by atoms with Gasteiger partial charge in [-0.1, -0.05) is 13.8 Å². The zero-order chi connectivity index (χ0) is 16.1. The van der Waals surface area contributed by atoms with Crippen molar-refractivity contribution in [3.63, 3.8) is 0 Å². The molecule has 0 aromatic heterocycles. The minimum atomic E-state index is -0.745. The van der Waals surface area contributed by atoms with Gasteiger partial charge in [-0.05, 0) is 12.1 Å². The maximum atomic E-state index is 9.37. The lowest BCUT2D eigenvalue weighted by atomic mass is 10.3. The van der Waals surface area contributed by atoms with Crippen LogP contribution in [0.5, 0.6) is 17.2 Å². The van der Waals surface area contributed by atoms with Gasteiger partial charge in [0.25, 0.3) is 0 Å². The fourth-order valence-corrected chi connectivity index (χ4v) is 0.666. The van der Waals surface area contributed by atoms with Crippen LogP contribution in [0, 0.1) is 0 Å². The fraction of sp³-hybridized carbons (Fsp3) is 0.385. The van der Waals surface area contributed by atoms with Crippen LogP contribution in [-0.2, 0) is 9.59 Å². The number of carboxylic acids is 2. The molecule has 4 N–H and O–H groups in total. The summed E-state index contributed by atoms with van der Waals surface area (Å²) < 4.78 is 4.72. The maximum absolute atomic E-state index is 9.37. The summed E-state index contributed by atoms with van der Waals surface area (Å²) in [5.41, 5.74) is 0. The third-order valence-corrected chi connectivity index (χ3v) is 1.77. The third kappa shape index (κ3) is 12.0. The summed E-state index contributed by atoms with van der Waals surface area (Å²) in [6.45, 7) is 3.20. The topological polar surface area (TPSA) is 124 Å². The van der Waals surface area contributed by atoms with E-state index in [2.05, 4.69) is 0 Å². The largest absolute Gasteiger partial charge is 0.508 e. The van der Waals surface area contributed by atoms with Gasteiger partial charge in [-0.3, -0.25) is 9.59 Å². The van der Waals surface area contributed by atoms with Crippen molar-refractivity contribution >= 4 is 11.9 Å². The molecule has 0 radical (unpaired) electrons. The fourth-order valence-electron chi connectivity index (χ4n) is 0.666. The number of ether oxygens (including phenoxy) is 1. The van der Waals surface area contributed by atoms with Gasteiger partial charge in [0.2, 0.25) is 0 Å². The van der Waals surface area contributed by atoms with Crippen molar-refractivity contribution in [2.45, 2.75) is 26.7 Å². The first-order valence-electron chi connectivity index (χ1n) is 5.77. The normalized spacial score (nSPS) is 8.35. The lowest BCUT2D eigenvalue weighted by molar-refractivity contribution is -0.137. The second-order valence-electron chi connectivity index (χ2n) is 3.35. The predicted molar refractivity (Wildman–Crippen MR) is 72.2 cm³/mol. The molecule has 7 nitrogen and oxygen atoms in total. The molecule has 0 aliphatic carbocycles. The Morgan fingerprint density at radius 1 is 1.05 bits per heavy atom. The summed E-state index contributed by atoms with van der Waals surface area (Å²) in [5, 5.41) is 33.3. The smallest absolute Gasteiger partial charge is 0.303 e. The van der Waals surface area contributed by atoms with Gasteiger partial charge in [-0.15, -0.1) is 0 Å².